The first-order valence-electron chi connectivity index (χ1n) is 5.79. The largest absolute Gasteiger partial charge is 0.382 e. The summed E-state index contributed by atoms with van der Waals surface area (Å²) in [4.78, 5) is 0. The van der Waals surface area contributed by atoms with Crippen LogP contribution in [0.15, 0.2) is 18.2 Å². The van der Waals surface area contributed by atoms with E-state index in [0.29, 0.717) is 11.5 Å². The van der Waals surface area contributed by atoms with E-state index in [4.69, 9.17) is 5.73 Å². The van der Waals surface area contributed by atoms with Crippen molar-refractivity contribution in [3.05, 3.63) is 40.8 Å². The predicted molar refractivity (Wildman–Crippen MR) is 64.7 cm³/mol. The molecule has 17 heavy (non-hydrogen) atoms. The molecule has 1 aromatic carbocycles. The minimum Gasteiger partial charge on any atom is -0.382 e. The second kappa shape index (κ2) is 3.58. The van der Waals surface area contributed by atoms with Crippen molar-refractivity contribution in [2.45, 2.75) is 26.2 Å². The monoisotopic (exact) mass is 231 g/mol. The number of aryl methyl sites for hydroxylation is 1. The molecule has 0 atom stereocenters. The zero-order valence-corrected chi connectivity index (χ0v) is 9.70. The Morgan fingerprint density at radius 3 is 2.94 bits per heavy atom. The van der Waals surface area contributed by atoms with Crippen molar-refractivity contribution in [1.29, 1.82) is 0 Å². The molecular weight excluding hydrogens is 217 g/mol. The Balaban J connectivity index is 2.19. The van der Waals surface area contributed by atoms with Crippen molar-refractivity contribution < 1.29 is 4.39 Å². The lowest BCUT2D eigenvalue weighted by atomic mass is 10.2. The number of nitrogens with zero attached hydrogens (tertiary/aromatic N) is 2. The maximum Gasteiger partial charge on any atom is 0.149 e. The van der Waals surface area contributed by atoms with Gasteiger partial charge in [0.05, 0.1) is 0 Å². The topological polar surface area (TPSA) is 43.8 Å². The third kappa shape index (κ3) is 1.52. The number of hydrogen-bond acceptors (Lipinski definition) is 2. The number of halogens is 1. The summed E-state index contributed by atoms with van der Waals surface area (Å²) in [5.41, 5.74) is 9.40. The highest BCUT2D eigenvalue weighted by atomic mass is 19.1. The Bertz CT molecular complexity index is 587. The maximum atomic E-state index is 13.9. The van der Waals surface area contributed by atoms with E-state index in [2.05, 4.69) is 5.10 Å². The Morgan fingerprint density at radius 2 is 2.18 bits per heavy atom. The van der Waals surface area contributed by atoms with Gasteiger partial charge in [0.2, 0.25) is 0 Å². The van der Waals surface area contributed by atoms with Crippen molar-refractivity contribution in [1.82, 2.24) is 9.78 Å². The number of aromatic nitrogens is 2. The van der Waals surface area contributed by atoms with Gasteiger partial charge in [-0.1, -0.05) is 6.07 Å². The molecule has 0 spiro atoms. The fourth-order valence-electron chi connectivity index (χ4n) is 2.45. The molecule has 0 aliphatic heterocycles. The molecule has 2 N–H and O–H groups in total. The van der Waals surface area contributed by atoms with E-state index in [9.17, 15) is 4.39 Å². The van der Waals surface area contributed by atoms with E-state index < -0.39 is 0 Å². The highest BCUT2D eigenvalue weighted by molar-refractivity contribution is 5.49. The van der Waals surface area contributed by atoms with E-state index >= 15 is 0 Å². The number of nitrogen functional groups attached to an aromatic ring is 1. The lowest BCUT2D eigenvalue weighted by molar-refractivity contribution is 0.605. The molecule has 1 aliphatic rings. The van der Waals surface area contributed by atoms with Crippen LogP contribution in [0.1, 0.15) is 23.2 Å². The van der Waals surface area contributed by atoms with Crippen LogP contribution in [-0.2, 0) is 12.8 Å². The molecule has 0 saturated carbocycles. The van der Waals surface area contributed by atoms with Gasteiger partial charge in [0.25, 0.3) is 0 Å². The van der Waals surface area contributed by atoms with Crippen molar-refractivity contribution >= 4 is 5.82 Å². The molecule has 3 nitrogen and oxygen atoms in total. The molecule has 4 heteroatoms. The van der Waals surface area contributed by atoms with Crippen LogP contribution < -0.4 is 5.73 Å². The molecule has 0 saturated heterocycles. The highest BCUT2D eigenvalue weighted by Gasteiger charge is 2.22. The van der Waals surface area contributed by atoms with Crippen LogP contribution in [0.25, 0.3) is 5.69 Å². The number of hydrogen-bond donors (Lipinski definition) is 1. The number of benzene rings is 1. The quantitative estimate of drug-likeness (QED) is 0.819. The minimum absolute atomic E-state index is 0.248. The van der Waals surface area contributed by atoms with Crippen molar-refractivity contribution in [3.8, 4) is 5.69 Å². The molecule has 1 heterocycles. The molecule has 0 amide bonds. The molecule has 0 bridgehead atoms. The maximum absolute atomic E-state index is 13.9. The summed E-state index contributed by atoms with van der Waals surface area (Å²) in [6, 6.07) is 5.17. The summed E-state index contributed by atoms with van der Waals surface area (Å²) in [6.45, 7) is 1.87. The van der Waals surface area contributed by atoms with Crippen LogP contribution in [-0.4, -0.2) is 9.78 Å². The van der Waals surface area contributed by atoms with E-state index in [0.717, 1.165) is 36.1 Å². The molecular formula is C13H14FN3. The molecule has 1 aliphatic carbocycles. The predicted octanol–water partition coefficient (Wildman–Crippen LogP) is 2.39. The lowest BCUT2D eigenvalue weighted by Crippen LogP contribution is -2.04. The van der Waals surface area contributed by atoms with Gasteiger partial charge in [-0.25, -0.2) is 9.07 Å². The van der Waals surface area contributed by atoms with Gasteiger partial charge in [0.15, 0.2) is 0 Å². The summed E-state index contributed by atoms with van der Waals surface area (Å²) in [7, 11) is 0. The molecule has 1 aromatic heterocycles. The van der Waals surface area contributed by atoms with E-state index in [-0.39, 0.29) is 5.82 Å². The first kappa shape index (κ1) is 10.3. The standard InChI is InChI=1S/C13H14FN3/c1-8-5-6-12(10(14)7-8)17-11-4-2-3-9(11)13(15)16-17/h5-7H,2-4H2,1H3,(H2,15,16). The normalized spacial score (nSPS) is 14.0. The summed E-state index contributed by atoms with van der Waals surface area (Å²) >= 11 is 0. The average molecular weight is 231 g/mol. The molecule has 0 unspecified atom stereocenters. The lowest BCUT2D eigenvalue weighted by Gasteiger charge is -2.07. The summed E-state index contributed by atoms with van der Waals surface area (Å²) in [5, 5.41) is 4.25. The summed E-state index contributed by atoms with van der Waals surface area (Å²) in [5.74, 6) is 0.291. The Hall–Kier alpha value is -1.84. The molecule has 88 valence electrons. The second-order valence-electron chi connectivity index (χ2n) is 4.53. The molecule has 2 aromatic rings. The van der Waals surface area contributed by atoms with Gasteiger partial charge in [-0.05, 0) is 43.9 Å². The summed E-state index contributed by atoms with van der Waals surface area (Å²) < 4.78 is 15.6. The molecule has 0 fully saturated rings. The van der Waals surface area contributed by atoms with E-state index in [1.165, 1.54) is 6.07 Å². The van der Waals surface area contributed by atoms with E-state index in [1.807, 2.05) is 13.0 Å². The highest BCUT2D eigenvalue weighted by Crippen LogP contribution is 2.29. The molecule has 0 radical (unpaired) electrons. The fourth-order valence-corrected chi connectivity index (χ4v) is 2.45. The number of fused-ring (bicyclic) bond motifs is 1. The Labute approximate surface area is 99.1 Å². The van der Waals surface area contributed by atoms with Gasteiger partial charge in [-0.15, -0.1) is 0 Å². The van der Waals surface area contributed by atoms with Crippen molar-refractivity contribution in [2.75, 3.05) is 5.73 Å². The second-order valence-corrected chi connectivity index (χ2v) is 4.53. The van der Waals surface area contributed by atoms with E-state index in [1.54, 1.807) is 10.7 Å². The third-order valence-corrected chi connectivity index (χ3v) is 3.29. The minimum atomic E-state index is -0.248. The van der Waals surface area contributed by atoms with Crippen LogP contribution >= 0.6 is 0 Å². The Kier molecular flexibility index (Phi) is 2.18. The zero-order chi connectivity index (χ0) is 12.0. The zero-order valence-electron chi connectivity index (χ0n) is 9.70. The first-order chi connectivity index (χ1) is 8.16. The Morgan fingerprint density at radius 1 is 1.35 bits per heavy atom. The molecule has 3 rings (SSSR count). The average Bonchev–Trinajstić information content (AvgIpc) is 2.84. The van der Waals surface area contributed by atoms with Crippen LogP contribution in [0.5, 0.6) is 0 Å². The van der Waals surface area contributed by atoms with Crippen molar-refractivity contribution in [3.63, 3.8) is 0 Å². The smallest absolute Gasteiger partial charge is 0.149 e. The van der Waals surface area contributed by atoms with Crippen LogP contribution in [0.2, 0.25) is 0 Å². The number of anilines is 1. The van der Waals surface area contributed by atoms with Crippen LogP contribution in [0, 0.1) is 12.7 Å². The van der Waals surface area contributed by atoms with Gasteiger partial charge in [0.1, 0.15) is 17.3 Å². The van der Waals surface area contributed by atoms with Crippen molar-refractivity contribution in [2.24, 2.45) is 0 Å². The SMILES string of the molecule is Cc1ccc(-n2nc(N)c3c2CCC3)c(F)c1. The van der Waals surface area contributed by atoms with Gasteiger partial charge in [-0.2, -0.15) is 5.10 Å². The van der Waals surface area contributed by atoms with Gasteiger partial charge < -0.3 is 5.73 Å². The first-order valence-corrected chi connectivity index (χ1v) is 5.79. The van der Waals surface area contributed by atoms with Gasteiger partial charge >= 0.3 is 0 Å². The summed E-state index contributed by atoms with van der Waals surface area (Å²) in [6.07, 6.45) is 2.95. The number of nitrogens with two attached hydrogens (primary N) is 1. The van der Waals surface area contributed by atoms with Crippen LogP contribution in [0.4, 0.5) is 10.2 Å². The third-order valence-electron chi connectivity index (χ3n) is 3.29. The number of rotatable bonds is 1. The van der Waals surface area contributed by atoms with Gasteiger partial charge in [-0.3, -0.25) is 0 Å². The van der Waals surface area contributed by atoms with Crippen LogP contribution in [0.3, 0.4) is 0 Å². The fraction of sp³-hybridized carbons (Fsp3) is 0.308. The van der Waals surface area contributed by atoms with Gasteiger partial charge in [0, 0.05) is 11.3 Å².